The van der Waals surface area contributed by atoms with Gasteiger partial charge >= 0.3 is 11.9 Å². The van der Waals surface area contributed by atoms with Crippen LogP contribution in [-0.4, -0.2) is 30.1 Å². The molecule has 0 aliphatic carbocycles. The highest BCUT2D eigenvalue weighted by Gasteiger charge is 2.15. The molecule has 3 aromatic carbocycles. The van der Waals surface area contributed by atoms with Crippen LogP contribution in [-0.2, 0) is 4.79 Å². The van der Waals surface area contributed by atoms with Crippen molar-refractivity contribution in [2.75, 3.05) is 12.4 Å². The highest BCUT2D eigenvalue weighted by molar-refractivity contribution is 6.30. The van der Waals surface area contributed by atoms with E-state index >= 15 is 0 Å². The minimum absolute atomic E-state index is 0.0676. The van der Waals surface area contributed by atoms with E-state index in [1.54, 1.807) is 18.2 Å². The lowest BCUT2D eigenvalue weighted by Gasteiger charge is -2.10. The quantitative estimate of drug-likeness (QED) is 0.217. The first kappa shape index (κ1) is 24.0. The molecule has 0 saturated heterocycles. The van der Waals surface area contributed by atoms with Crippen LogP contribution in [0.4, 0.5) is 5.69 Å². The highest BCUT2D eigenvalue weighted by atomic mass is 35.5. The summed E-state index contributed by atoms with van der Waals surface area (Å²) in [4.78, 5) is 35.8. The van der Waals surface area contributed by atoms with Gasteiger partial charge in [-0.1, -0.05) is 17.7 Å². The summed E-state index contributed by atoms with van der Waals surface area (Å²) in [7, 11) is 1.39. The third kappa shape index (κ3) is 6.00. The molecule has 0 radical (unpaired) electrons. The standard InChI is InChI=1S/C25H17ClN2O6/c1-33-22-13-15(2-11-21(22)34-25(32)17-3-7-19(26)8-4-17)12-18(14-27)23(29)28-20-9-5-16(6-10-20)24(30)31/h2-13H,1H3,(H,28,29)(H,30,31)/b18-12+. The lowest BCUT2D eigenvalue weighted by Crippen LogP contribution is -2.13. The maximum absolute atomic E-state index is 12.5. The molecule has 0 aliphatic heterocycles. The predicted octanol–water partition coefficient (Wildman–Crippen LogP) is 4.81. The van der Waals surface area contributed by atoms with Crippen molar-refractivity contribution in [3.63, 3.8) is 0 Å². The molecular formula is C25H17ClN2O6. The molecule has 0 heterocycles. The average molecular weight is 477 g/mol. The van der Waals surface area contributed by atoms with Crippen molar-refractivity contribution < 1.29 is 29.0 Å². The number of hydrogen-bond acceptors (Lipinski definition) is 6. The fourth-order valence-corrected chi connectivity index (χ4v) is 2.94. The highest BCUT2D eigenvalue weighted by Crippen LogP contribution is 2.30. The Hall–Kier alpha value is -4.61. The van der Waals surface area contributed by atoms with Crippen molar-refractivity contribution in [2.24, 2.45) is 0 Å². The topological polar surface area (TPSA) is 126 Å². The minimum atomic E-state index is -1.09. The minimum Gasteiger partial charge on any atom is -0.493 e. The Morgan fingerprint density at radius 3 is 2.21 bits per heavy atom. The van der Waals surface area contributed by atoms with Gasteiger partial charge in [-0.3, -0.25) is 4.79 Å². The number of nitriles is 1. The first-order valence-corrected chi connectivity index (χ1v) is 10.1. The Morgan fingerprint density at radius 2 is 1.62 bits per heavy atom. The van der Waals surface area contributed by atoms with E-state index in [2.05, 4.69) is 5.32 Å². The van der Waals surface area contributed by atoms with Gasteiger partial charge in [0, 0.05) is 10.7 Å². The van der Waals surface area contributed by atoms with Crippen LogP contribution >= 0.6 is 11.6 Å². The maximum atomic E-state index is 12.5. The van der Waals surface area contributed by atoms with Gasteiger partial charge in [-0.15, -0.1) is 0 Å². The number of ether oxygens (including phenoxy) is 2. The Balaban J connectivity index is 1.77. The van der Waals surface area contributed by atoms with Crippen molar-refractivity contribution in [3.8, 4) is 17.6 Å². The number of hydrogen-bond donors (Lipinski definition) is 2. The van der Waals surface area contributed by atoms with Crippen molar-refractivity contribution in [1.29, 1.82) is 5.26 Å². The van der Waals surface area contributed by atoms with E-state index < -0.39 is 17.8 Å². The van der Waals surface area contributed by atoms with Crippen LogP contribution in [0, 0.1) is 11.3 Å². The lowest BCUT2D eigenvalue weighted by atomic mass is 10.1. The number of carboxylic acid groups (broad SMARTS) is 1. The number of rotatable bonds is 7. The molecule has 34 heavy (non-hydrogen) atoms. The molecule has 0 aromatic heterocycles. The second-order valence-corrected chi connectivity index (χ2v) is 7.25. The van der Waals surface area contributed by atoms with Crippen LogP contribution < -0.4 is 14.8 Å². The molecule has 1 amide bonds. The van der Waals surface area contributed by atoms with Crippen LogP contribution in [0.2, 0.25) is 5.02 Å². The second-order valence-electron chi connectivity index (χ2n) is 6.81. The predicted molar refractivity (Wildman–Crippen MR) is 125 cm³/mol. The first-order chi connectivity index (χ1) is 16.3. The summed E-state index contributed by atoms with van der Waals surface area (Å²) < 4.78 is 10.7. The molecule has 3 rings (SSSR count). The van der Waals surface area contributed by atoms with Crippen LogP contribution in [0.5, 0.6) is 11.5 Å². The summed E-state index contributed by atoms with van der Waals surface area (Å²) in [6, 6.07) is 18.1. The van der Waals surface area contributed by atoms with Crippen molar-refractivity contribution in [2.45, 2.75) is 0 Å². The zero-order valence-corrected chi connectivity index (χ0v) is 18.5. The Morgan fingerprint density at radius 1 is 0.971 bits per heavy atom. The Kier molecular flexibility index (Phi) is 7.64. The summed E-state index contributed by atoms with van der Waals surface area (Å²) in [5, 5.41) is 21.4. The van der Waals surface area contributed by atoms with Gasteiger partial charge in [0.1, 0.15) is 11.6 Å². The van der Waals surface area contributed by atoms with E-state index in [9.17, 15) is 19.6 Å². The van der Waals surface area contributed by atoms with Gasteiger partial charge < -0.3 is 19.9 Å². The Labute approximate surface area is 199 Å². The molecule has 8 nitrogen and oxygen atoms in total. The van der Waals surface area contributed by atoms with E-state index in [4.69, 9.17) is 26.2 Å². The smallest absolute Gasteiger partial charge is 0.343 e. The first-order valence-electron chi connectivity index (χ1n) is 9.73. The molecule has 170 valence electrons. The van der Waals surface area contributed by atoms with E-state index in [1.165, 1.54) is 61.7 Å². The molecule has 0 fully saturated rings. The maximum Gasteiger partial charge on any atom is 0.343 e. The number of nitrogens with zero attached hydrogens (tertiary/aromatic N) is 1. The molecule has 0 spiro atoms. The number of aromatic carboxylic acids is 1. The van der Waals surface area contributed by atoms with Crippen molar-refractivity contribution in [3.05, 3.63) is 94.0 Å². The molecule has 9 heteroatoms. The number of anilines is 1. The van der Waals surface area contributed by atoms with Gasteiger partial charge in [0.15, 0.2) is 11.5 Å². The van der Waals surface area contributed by atoms with Crippen LogP contribution in [0.1, 0.15) is 26.3 Å². The number of carbonyl (C=O) groups excluding carboxylic acids is 2. The largest absolute Gasteiger partial charge is 0.493 e. The molecule has 0 unspecified atom stereocenters. The normalized spacial score (nSPS) is 10.7. The fraction of sp³-hybridized carbons (Fsp3) is 0.0400. The summed E-state index contributed by atoms with van der Waals surface area (Å²) in [5.74, 6) is -2.00. The molecule has 0 bridgehead atoms. The fourth-order valence-electron chi connectivity index (χ4n) is 2.81. The summed E-state index contributed by atoms with van der Waals surface area (Å²) >= 11 is 5.83. The van der Waals surface area contributed by atoms with Gasteiger partial charge in [-0.25, -0.2) is 9.59 Å². The number of nitrogens with one attached hydrogen (secondary N) is 1. The van der Waals surface area contributed by atoms with E-state index in [-0.39, 0.29) is 22.6 Å². The lowest BCUT2D eigenvalue weighted by molar-refractivity contribution is -0.112. The molecule has 0 aliphatic rings. The monoisotopic (exact) mass is 476 g/mol. The van der Waals surface area contributed by atoms with Gasteiger partial charge in [-0.2, -0.15) is 5.26 Å². The molecule has 3 aromatic rings. The zero-order valence-electron chi connectivity index (χ0n) is 17.7. The molecule has 0 saturated carbocycles. The number of carboxylic acids is 1. The number of halogens is 1. The van der Waals surface area contributed by atoms with Crippen molar-refractivity contribution in [1.82, 2.24) is 0 Å². The van der Waals surface area contributed by atoms with E-state index in [0.29, 0.717) is 21.8 Å². The SMILES string of the molecule is COc1cc(/C=C(\C#N)C(=O)Nc2ccc(C(=O)O)cc2)ccc1OC(=O)c1ccc(Cl)cc1. The number of esters is 1. The van der Waals surface area contributed by atoms with Gasteiger partial charge in [0.25, 0.3) is 5.91 Å². The summed E-state index contributed by atoms with van der Waals surface area (Å²) in [6.07, 6.45) is 1.34. The van der Waals surface area contributed by atoms with Gasteiger partial charge in [0.05, 0.1) is 18.2 Å². The van der Waals surface area contributed by atoms with Crippen molar-refractivity contribution >= 4 is 41.2 Å². The zero-order chi connectivity index (χ0) is 24.7. The van der Waals surface area contributed by atoms with Gasteiger partial charge in [0.2, 0.25) is 0 Å². The average Bonchev–Trinajstić information content (AvgIpc) is 2.83. The summed E-state index contributed by atoms with van der Waals surface area (Å²) in [6.45, 7) is 0. The second kappa shape index (κ2) is 10.8. The number of amides is 1. The van der Waals surface area contributed by atoms with E-state index in [1.807, 2.05) is 6.07 Å². The number of methoxy groups -OCH3 is 1. The number of benzene rings is 3. The van der Waals surface area contributed by atoms with Gasteiger partial charge in [-0.05, 0) is 72.3 Å². The van der Waals surface area contributed by atoms with E-state index in [0.717, 1.165) is 0 Å². The molecular weight excluding hydrogens is 460 g/mol. The Bertz CT molecular complexity index is 1310. The third-order valence-electron chi connectivity index (χ3n) is 4.54. The van der Waals surface area contributed by atoms with Crippen LogP contribution in [0.3, 0.4) is 0 Å². The molecule has 0 atom stereocenters. The number of carbonyl (C=O) groups is 3. The van der Waals surface area contributed by atoms with Crippen LogP contribution in [0.15, 0.2) is 72.3 Å². The third-order valence-corrected chi connectivity index (χ3v) is 4.79. The van der Waals surface area contributed by atoms with Crippen LogP contribution in [0.25, 0.3) is 6.08 Å². The molecule has 2 N–H and O–H groups in total. The summed E-state index contributed by atoms with van der Waals surface area (Å²) in [5.41, 5.74) is 0.956.